The van der Waals surface area contributed by atoms with E-state index in [1.165, 1.54) is 18.5 Å². The molecule has 1 aromatic heterocycles. The van der Waals surface area contributed by atoms with Crippen molar-refractivity contribution in [2.45, 2.75) is 6.92 Å². The van der Waals surface area contributed by atoms with Gasteiger partial charge in [-0.1, -0.05) is 6.07 Å². The summed E-state index contributed by atoms with van der Waals surface area (Å²) in [6.07, 6.45) is 2.54. The quantitative estimate of drug-likeness (QED) is 0.846. The molecule has 1 heterocycles. The smallest absolute Gasteiger partial charge is 0.275 e. The number of carbonyl (C=O) groups is 1. The lowest BCUT2D eigenvalue weighted by atomic mass is 10.2. The zero-order valence-corrected chi connectivity index (χ0v) is 9.64. The third-order valence-corrected chi connectivity index (χ3v) is 2.33. The number of aryl methyl sites for hydroxylation is 1. The van der Waals surface area contributed by atoms with Crippen LogP contribution < -0.4 is 11.1 Å². The van der Waals surface area contributed by atoms with Crippen molar-refractivity contribution >= 4 is 17.4 Å². The topological polar surface area (TPSA) is 80.9 Å². The number of halogens is 1. The maximum atomic E-state index is 13.3. The van der Waals surface area contributed by atoms with Crippen LogP contribution in [0.3, 0.4) is 0 Å². The zero-order chi connectivity index (χ0) is 13.1. The van der Waals surface area contributed by atoms with E-state index in [9.17, 15) is 9.18 Å². The molecule has 5 nitrogen and oxygen atoms in total. The van der Waals surface area contributed by atoms with Gasteiger partial charge < -0.3 is 11.1 Å². The Morgan fingerprint density at radius 3 is 2.72 bits per heavy atom. The number of rotatable bonds is 2. The Balaban J connectivity index is 2.16. The molecule has 0 aliphatic carbocycles. The number of anilines is 2. The molecule has 0 aliphatic rings. The van der Waals surface area contributed by atoms with Crippen LogP contribution in [0.15, 0.2) is 30.6 Å². The van der Waals surface area contributed by atoms with Gasteiger partial charge in [-0.15, -0.1) is 0 Å². The summed E-state index contributed by atoms with van der Waals surface area (Å²) >= 11 is 0. The molecular formula is C12H11FN4O. The lowest BCUT2D eigenvalue weighted by Gasteiger charge is -2.05. The Hall–Kier alpha value is -2.50. The summed E-state index contributed by atoms with van der Waals surface area (Å²) in [5.74, 6) is -0.616. The number of amides is 1. The highest BCUT2D eigenvalue weighted by atomic mass is 19.1. The summed E-state index contributed by atoms with van der Waals surface area (Å²) in [6, 6.07) is 4.44. The average molecular weight is 246 g/mol. The molecule has 18 heavy (non-hydrogen) atoms. The van der Waals surface area contributed by atoms with E-state index in [-0.39, 0.29) is 17.3 Å². The van der Waals surface area contributed by atoms with Crippen LogP contribution >= 0.6 is 0 Å². The van der Waals surface area contributed by atoms with Crippen LogP contribution in [0.1, 0.15) is 16.1 Å². The van der Waals surface area contributed by atoms with Gasteiger partial charge >= 0.3 is 0 Å². The molecule has 3 N–H and O–H groups in total. The molecule has 0 fully saturated rings. The minimum atomic E-state index is -0.467. The van der Waals surface area contributed by atoms with Gasteiger partial charge in [0.15, 0.2) is 0 Å². The van der Waals surface area contributed by atoms with Crippen molar-refractivity contribution in [1.29, 1.82) is 0 Å². The van der Waals surface area contributed by atoms with Crippen LogP contribution in [0.5, 0.6) is 0 Å². The minimum absolute atomic E-state index is 0.116. The molecule has 0 saturated carbocycles. The fraction of sp³-hybridized carbons (Fsp3) is 0.0833. The van der Waals surface area contributed by atoms with E-state index in [4.69, 9.17) is 5.73 Å². The van der Waals surface area contributed by atoms with Crippen LogP contribution in [-0.4, -0.2) is 15.9 Å². The molecule has 0 spiro atoms. The van der Waals surface area contributed by atoms with Crippen molar-refractivity contribution < 1.29 is 9.18 Å². The summed E-state index contributed by atoms with van der Waals surface area (Å²) in [6.45, 7) is 1.65. The minimum Gasteiger partial charge on any atom is -0.382 e. The fourth-order valence-electron chi connectivity index (χ4n) is 1.32. The molecule has 0 aliphatic heterocycles. The number of nitrogens with one attached hydrogen (secondary N) is 1. The van der Waals surface area contributed by atoms with Crippen LogP contribution in [0.4, 0.5) is 15.9 Å². The van der Waals surface area contributed by atoms with Gasteiger partial charge in [0, 0.05) is 5.69 Å². The largest absolute Gasteiger partial charge is 0.382 e. The van der Waals surface area contributed by atoms with Crippen molar-refractivity contribution in [2.75, 3.05) is 11.1 Å². The molecule has 2 aromatic rings. The van der Waals surface area contributed by atoms with E-state index in [0.29, 0.717) is 11.3 Å². The number of nitrogens with two attached hydrogens (primary N) is 1. The Morgan fingerprint density at radius 2 is 2.11 bits per heavy atom. The number of hydrogen-bond acceptors (Lipinski definition) is 4. The van der Waals surface area contributed by atoms with Crippen molar-refractivity contribution in [1.82, 2.24) is 9.97 Å². The first-order chi connectivity index (χ1) is 8.56. The van der Waals surface area contributed by atoms with Gasteiger partial charge in [-0.25, -0.2) is 14.4 Å². The summed E-state index contributed by atoms with van der Waals surface area (Å²) < 4.78 is 13.3. The predicted molar refractivity (Wildman–Crippen MR) is 65.5 cm³/mol. The van der Waals surface area contributed by atoms with E-state index in [1.54, 1.807) is 19.1 Å². The second kappa shape index (κ2) is 4.79. The predicted octanol–water partition coefficient (Wildman–Crippen LogP) is 1.76. The lowest BCUT2D eigenvalue weighted by molar-refractivity contribution is 0.102. The Morgan fingerprint density at radius 1 is 1.33 bits per heavy atom. The average Bonchev–Trinajstić information content (AvgIpc) is 2.34. The van der Waals surface area contributed by atoms with Crippen molar-refractivity contribution in [3.8, 4) is 0 Å². The number of hydrogen-bond donors (Lipinski definition) is 2. The maximum Gasteiger partial charge on any atom is 0.275 e. The maximum absolute atomic E-state index is 13.3. The van der Waals surface area contributed by atoms with Gasteiger partial charge in [-0.3, -0.25) is 4.79 Å². The standard InChI is InChI=1S/C12H11FN4O/c1-7-2-3-8(4-9(7)13)17-12(18)10-5-16-11(14)6-15-10/h2-6H,1H3,(H2,14,16)(H,17,18). The van der Waals surface area contributed by atoms with Crippen LogP contribution in [0, 0.1) is 12.7 Å². The van der Waals surface area contributed by atoms with E-state index >= 15 is 0 Å². The summed E-state index contributed by atoms with van der Waals surface area (Å²) in [7, 11) is 0. The van der Waals surface area contributed by atoms with Gasteiger partial charge in [0.1, 0.15) is 17.3 Å². The van der Waals surface area contributed by atoms with E-state index in [2.05, 4.69) is 15.3 Å². The molecule has 1 amide bonds. The number of nitrogen functional groups attached to an aromatic ring is 1. The first-order valence-electron chi connectivity index (χ1n) is 5.21. The van der Waals surface area contributed by atoms with E-state index < -0.39 is 5.91 Å². The molecule has 0 atom stereocenters. The van der Waals surface area contributed by atoms with Gasteiger partial charge in [0.2, 0.25) is 0 Å². The molecule has 0 radical (unpaired) electrons. The van der Waals surface area contributed by atoms with Gasteiger partial charge in [0.05, 0.1) is 12.4 Å². The SMILES string of the molecule is Cc1ccc(NC(=O)c2cnc(N)cn2)cc1F. The number of benzene rings is 1. The molecule has 0 unspecified atom stereocenters. The second-order valence-electron chi connectivity index (χ2n) is 3.74. The fourth-order valence-corrected chi connectivity index (χ4v) is 1.32. The number of aromatic nitrogens is 2. The zero-order valence-electron chi connectivity index (χ0n) is 9.64. The molecule has 2 rings (SSSR count). The Bertz CT molecular complexity index is 583. The number of carbonyl (C=O) groups excluding carboxylic acids is 1. The Labute approximate surface area is 103 Å². The molecule has 6 heteroatoms. The van der Waals surface area contributed by atoms with Crippen LogP contribution in [0.2, 0.25) is 0 Å². The third-order valence-electron chi connectivity index (χ3n) is 2.33. The van der Waals surface area contributed by atoms with Crippen molar-refractivity contribution in [3.63, 3.8) is 0 Å². The highest BCUT2D eigenvalue weighted by molar-refractivity contribution is 6.02. The summed E-state index contributed by atoms with van der Waals surface area (Å²) in [5, 5.41) is 2.52. The molecule has 1 aromatic carbocycles. The van der Waals surface area contributed by atoms with Gasteiger partial charge in [0.25, 0.3) is 5.91 Å². The molecule has 0 saturated heterocycles. The first kappa shape index (κ1) is 12.0. The van der Waals surface area contributed by atoms with Crippen molar-refractivity contribution in [2.24, 2.45) is 0 Å². The van der Waals surface area contributed by atoms with Crippen molar-refractivity contribution in [3.05, 3.63) is 47.7 Å². The summed E-state index contributed by atoms with van der Waals surface area (Å²) in [5.41, 5.74) is 6.35. The summed E-state index contributed by atoms with van der Waals surface area (Å²) in [4.78, 5) is 19.3. The second-order valence-corrected chi connectivity index (χ2v) is 3.74. The van der Waals surface area contributed by atoms with Gasteiger partial charge in [-0.2, -0.15) is 0 Å². The first-order valence-corrected chi connectivity index (χ1v) is 5.21. The Kier molecular flexibility index (Phi) is 3.18. The van der Waals surface area contributed by atoms with Crippen LogP contribution in [0.25, 0.3) is 0 Å². The monoisotopic (exact) mass is 246 g/mol. The van der Waals surface area contributed by atoms with E-state index in [1.807, 2.05) is 0 Å². The highest BCUT2D eigenvalue weighted by Crippen LogP contribution is 2.14. The normalized spacial score (nSPS) is 10.1. The molecular weight excluding hydrogens is 235 g/mol. The molecule has 92 valence electrons. The highest BCUT2D eigenvalue weighted by Gasteiger charge is 2.09. The van der Waals surface area contributed by atoms with Crippen LogP contribution in [-0.2, 0) is 0 Å². The third kappa shape index (κ3) is 2.60. The van der Waals surface area contributed by atoms with E-state index in [0.717, 1.165) is 0 Å². The number of nitrogens with zero attached hydrogens (tertiary/aromatic N) is 2. The molecule has 0 bridgehead atoms. The van der Waals surface area contributed by atoms with Gasteiger partial charge in [-0.05, 0) is 24.6 Å². The lowest BCUT2D eigenvalue weighted by Crippen LogP contribution is -2.14.